The lowest BCUT2D eigenvalue weighted by Gasteiger charge is -2.19. The Labute approximate surface area is 245 Å². The van der Waals surface area contributed by atoms with Crippen molar-refractivity contribution >= 4 is 50.8 Å². The van der Waals surface area contributed by atoms with Gasteiger partial charge in [0.1, 0.15) is 12.4 Å². The van der Waals surface area contributed by atoms with Crippen molar-refractivity contribution in [2.75, 3.05) is 11.9 Å². The molecule has 0 spiro atoms. The van der Waals surface area contributed by atoms with Gasteiger partial charge in [0.05, 0.1) is 10.6 Å². The summed E-state index contributed by atoms with van der Waals surface area (Å²) >= 11 is 9.95. The summed E-state index contributed by atoms with van der Waals surface area (Å²) < 4.78 is 31.7. The lowest BCUT2D eigenvalue weighted by molar-refractivity contribution is -0.128. The molecule has 2 amide bonds. The highest BCUT2D eigenvalue weighted by Crippen LogP contribution is 2.28. The predicted octanol–water partition coefficient (Wildman–Crippen LogP) is 7.39. The summed E-state index contributed by atoms with van der Waals surface area (Å²) in [6.45, 7) is 6.42. The summed E-state index contributed by atoms with van der Waals surface area (Å²) in [5.41, 5.74) is 1.95. The first-order valence-electron chi connectivity index (χ1n) is 12.5. The minimum absolute atomic E-state index is 0.00957. The molecular weight excluding hydrogens is 606 g/mol. The van der Waals surface area contributed by atoms with Gasteiger partial charge in [0.2, 0.25) is 5.91 Å². The molecule has 0 saturated carbocycles. The number of hydrogen-bond donors (Lipinski definition) is 2. The number of ether oxygens (including phenoxy) is 1. The third kappa shape index (κ3) is 8.35. The Morgan fingerprint density at radius 2 is 1.70 bits per heavy atom. The third-order valence-electron chi connectivity index (χ3n) is 5.95. The van der Waals surface area contributed by atoms with Crippen LogP contribution in [0.25, 0.3) is 0 Å². The van der Waals surface area contributed by atoms with E-state index in [0.717, 1.165) is 4.47 Å². The molecule has 40 heavy (non-hydrogen) atoms. The van der Waals surface area contributed by atoms with E-state index >= 15 is 0 Å². The largest absolute Gasteiger partial charge is 0.487 e. The van der Waals surface area contributed by atoms with E-state index in [1.54, 1.807) is 70.2 Å². The number of aryl methyl sites for hydroxylation is 1. The van der Waals surface area contributed by atoms with Gasteiger partial charge in [-0.15, -0.1) is 0 Å². The highest BCUT2D eigenvalue weighted by atomic mass is 79.9. The first kappa shape index (κ1) is 31.2. The highest BCUT2D eigenvalue weighted by molar-refractivity contribution is 9.10. The van der Waals surface area contributed by atoms with Crippen LogP contribution in [0.2, 0.25) is 5.02 Å². The number of amides is 2. The second-order valence-electron chi connectivity index (χ2n) is 10.3. The first-order valence-corrected chi connectivity index (χ1v) is 13.6. The monoisotopic (exact) mass is 634 g/mol. The Bertz CT molecular complexity index is 1410. The van der Waals surface area contributed by atoms with Crippen LogP contribution in [-0.4, -0.2) is 30.6 Å². The maximum absolute atomic E-state index is 13.4. The third-order valence-corrected chi connectivity index (χ3v) is 6.91. The summed E-state index contributed by atoms with van der Waals surface area (Å²) in [6.07, 6.45) is -2.83. The summed E-state index contributed by atoms with van der Waals surface area (Å²) in [7, 11) is 0. The fourth-order valence-electron chi connectivity index (χ4n) is 3.78. The molecule has 6 nitrogen and oxygen atoms in total. The number of nitrogens with one attached hydrogen (secondary N) is 2. The maximum Gasteiger partial charge on any atom is 0.272 e. The van der Waals surface area contributed by atoms with E-state index in [1.807, 2.05) is 0 Å². The van der Waals surface area contributed by atoms with Crippen LogP contribution in [0.3, 0.4) is 0 Å². The number of carbonyl (C=O) groups excluding carboxylic acids is 3. The van der Waals surface area contributed by atoms with Gasteiger partial charge in [-0.3, -0.25) is 14.4 Å². The SMILES string of the molecule is Cc1ccc(CNC(=O)C(C)(C)C)c(Cl)c1C(=O)Cc1ccc(OCC(F)F)c(C(=O)Nc2ccc(Br)cc2)c1. The molecule has 3 rings (SSSR count). The van der Waals surface area contributed by atoms with Gasteiger partial charge in [-0.25, -0.2) is 8.78 Å². The molecule has 3 aromatic carbocycles. The summed E-state index contributed by atoms with van der Waals surface area (Å²) in [6, 6.07) is 14.8. The van der Waals surface area contributed by atoms with E-state index in [9.17, 15) is 23.2 Å². The molecule has 0 aliphatic rings. The topological polar surface area (TPSA) is 84.5 Å². The molecule has 0 aromatic heterocycles. The molecule has 0 atom stereocenters. The van der Waals surface area contributed by atoms with Crippen molar-refractivity contribution in [1.82, 2.24) is 5.32 Å². The van der Waals surface area contributed by atoms with Crippen molar-refractivity contribution in [3.05, 3.63) is 91.9 Å². The fraction of sp³-hybridized carbons (Fsp3) is 0.300. The molecule has 0 fully saturated rings. The maximum atomic E-state index is 13.4. The number of benzene rings is 3. The van der Waals surface area contributed by atoms with E-state index in [0.29, 0.717) is 27.9 Å². The van der Waals surface area contributed by atoms with Gasteiger partial charge in [-0.2, -0.15) is 0 Å². The lowest BCUT2D eigenvalue weighted by Crippen LogP contribution is -2.34. The van der Waals surface area contributed by atoms with E-state index < -0.39 is 24.4 Å². The molecule has 0 unspecified atom stereocenters. The molecule has 10 heteroatoms. The number of ketones is 1. The van der Waals surface area contributed by atoms with E-state index in [-0.39, 0.29) is 41.0 Å². The minimum atomic E-state index is -2.73. The second-order valence-corrected chi connectivity index (χ2v) is 11.6. The highest BCUT2D eigenvalue weighted by Gasteiger charge is 2.23. The van der Waals surface area contributed by atoms with Gasteiger partial charge in [0.25, 0.3) is 12.3 Å². The number of Topliss-reactive ketones (excluding diaryl/α,β-unsaturated/α-hetero) is 1. The van der Waals surface area contributed by atoms with Gasteiger partial charge in [-0.1, -0.05) is 66.5 Å². The number of anilines is 1. The van der Waals surface area contributed by atoms with Gasteiger partial charge in [0, 0.05) is 34.1 Å². The molecule has 0 heterocycles. The Balaban J connectivity index is 1.87. The quantitative estimate of drug-likeness (QED) is 0.228. The number of carbonyl (C=O) groups is 3. The molecule has 0 aliphatic carbocycles. The van der Waals surface area contributed by atoms with Crippen molar-refractivity contribution in [3.63, 3.8) is 0 Å². The summed E-state index contributed by atoms with van der Waals surface area (Å²) in [5, 5.41) is 5.79. The van der Waals surface area contributed by atoms with Gasteiger partial charge >= 0.3 is 0 Å². The molecule has 0 bridgehead atoms. The first-order chi connectivity index (χ1) is 18.8. The molecular formula is C30H30BrClF2N2O4. The zero-order valence-electron chi connectivity index (χ0n) is 22.5. The Hall–Kier alpha value is -3.30. The fourth-order valence-corrected chi connectivity index (χ4v) is 4.43. The van der Waals surface area contributed by atoms with Gasteiger partial charge < -0.3 is 15.4 Å². The van der Waals surface area contributed by atoms with Crippen LogP contribution in [0.15, 0.2) is 59.1 Å². The Kier molecular flexibility index (Phi) is 10.4. The molecule has 0 aliphatic heterocycles. The van der Waals surface area contributed by atoms with Crippen LogP contribution >= 0.6 is 27.5 Å². The van der Waals surface area contributed by atoms with Crippen molar-refractivity contribution in [2.24, 2.45) is 5.41 Å². The molecule has 0 saturated heterocycles. The van der Waals surface area contributed by atoms with E-state index in [2.05, 4.69) is 26.6 Å². The van der Waals surface area contributed by atoms with Crippen LogP contribution in [-0.2, 0) is 17.8 Å². The molecule has 0 radical (unpaired) electrons. The molecule has 212 valence electrons. The van der Waals surface area contributed by atoms with Crippen molar-refractivity contribution in [2.45, 2.75) is 47.1 Å². The summed E-state index contributed by atoms with van der Waals surface area (Å²) in [4.78, 5) is 38.8. The Morgan fingerprint density at radius 1 is 1.02 bits per heavy atom. The van der Waals surface area contributed by atoms with Gasteiger partial charge in [-0.05, 0) is 60.0 Å². The minimum Gasteiger partial charge on any atom is -0.487 e. The Morgan fingerprint density at radius 3 is 2.33 bits per heavy atom. The number of rotatable bonds is 10. The van der Waals surface area contributed by atoms with Crippen LogP contribution in [0.5, 0.6) is 5.75 Å². The van der Waals surface area contributed by atoms with Crippen LogP contribution in [0, 0.1) is 12.3 Å². The average Bonchev–Trinajstić information content (AvgIpc) is 2.88. The average molecular weight is 636 g/mol. The van der Waals surface area contributed by atoms with E-state index in [4.69, 9.17) is 16.3 Å². The smallest absolute Gasteiger partial charge is 0.272 e. The normalized spacial score (nSPS) is 11.3. The summed E-state index contributed by atoms with van der Waals surface area (Å²) in [5.74, 6) is -1.06. The predicted molar refractivity (Wildman–Crippen MR) is 156 cm³/mol. The second kappa shape index (κ2) is 13.4. The number of alkyl halides is 2. The number of hydrogen-bond acceptors (Lipinski definition) is 4. The standard InChI is InChI=1S/C30H30BrClF2N2O4/c1-17-5-7-19(15-35-29(39)30(2,3)4)27(32)26(17)23(37)14-18-6-12-24(40-16-25(33)34)22(13-18)28(38)36-21-10-8-20(31)9-11-21/h5-13,25H,14-16H2,1-4H3,(H,35,39)(H,36,38). The van der Waals surface area contributed by atoms with Crippen LogP contribution < -0.4 is 15.4 Å². The molecule has 2 N–H and O–H groups in total. The van der Waals surface area contributed by atoms with Crippen LogP contribution in [0.4, 0.5) is 14.5 Å². The lowest BCUT2D eigenvalue weighted by atomic mass is 9.94. The van der Waals surface area contributed by atoms with Crippen molar-refractivity contribution in [3.8, 4) is 5.75 Å². The van der Waals surface area contributed by atoms with Crippen molar-refractivity contribution < 1.29 is 27.9 Å². The zero-order chi connectivity index (χ0) is 29.6. The van der Waals surface area contributed by atoms with Crippen molar-refractivity contribution in [1.29, 1.82) is 0 Å². The van der Waals surface area contributed by atoms with Gasteiger partial charge in [0.15, 0.2) is 5.78 Å². The van der Waals surface area contributed by atoms with E-state index in [1.165, 1.54) is 12.1 Å². The zero-order valence-corrected chi connectivity index (χ0v) is 24.9. The number of halogens is 4. The molecule has 3 aromatic rings. The van der Waals surface area contributed by atoms with Crippen LogP contribution in [0.1, 0.15) is 58.2 Å².